The van der Waals surface area contributed by atoms with Gasteiger partial charge < -0.3 is 10.1 Å². The van der Waals surface area contributed by atoms with Gasteiger partial charge in [0.15, 0.2) is 6.61 Å². The smallest absolute Gasteiger partial charge is 0.339 e. The van der Waals surface area contributed by atoms with Crippen LogP contribution in [0.15, 0.2) is 48.5 Å². The molecule has 7 heteroatoms. The van der Waals surface area contributed by atoms with Crippen molar-refractivity contribution in [2.75, 3.05) is 6.61 Å². The van der Waals surface area contributed by atoms with Gasteiger partial charge in [-0.15, -0.1) is 0 Å². The molecule has 0 spiro atoms. The third-order valence-corrected chi connectivity index (χ3v) is 4.30. The second-order valence-electron chi connectivity index (χ2n) is 6.94. The van der Waals surface area contributed by atoms with Crippen molar-refractivity contribution in [2.24, 2.45) is 5.92 Å². The summed E-state index contributed by atoms with van der Waals surface area (Å²) < 4.78 is 5.07. The van der Waals surface area contributed by atoms with Crippen LogP contribution in [0.3, 0.4) is 0 Å². The highest BCUT2D eigenvalue weighted by Crippen LogP contribution is 2.22. The van der Waals surface area contributed by atoms with Gasteiger partial charge in [0, 0.05) is 11.6 Å². The Balaban J connectivity index is 2.02. The van der Waals surface area contributed by atoms with Gasteiger partial charge in [-0.1, -0.05) is 50.2 Å². The molecule has 0 bridgehead atoms. The van der Waals surface area contributed by atoms with E-state index in [2.05, 4.69) is 19.2 Å². The number of nitrogens with zero attached hydrogens (tertiary/aromatic N) is 1. The second kappa shape index (κ2) is 9.64. The van der Waals surface area contributed by atoms with E-state index in [9.17, 15) is 19.7 Å². The number of benzene rings is 2. The Kier molecular flexibility index (Phi) is 7.26. The van der Waals surface area contributed by atoms with E-state index in [0.29, 0.717) is 5.92 Å². The van der Waals surface area contributed by atoms with Gasteiger partial charge in [0.1, 0.15) is 0 Å². The van der Waals surface area contributed by atoms with E-state index in [1.165, 1.54) is 25.1 Å². The molecule has 0 aromatic heterocycles. The molecular weight excluding hydrogens is 360 g/mol. The number of hydrogen-bond acceptors (Lipinski definition) is 5. The number of nitro groups is 1. The molecular formula is C21H24N2O5. The minimum absolute atomic E-state index is 0.0730. The monoisotopic (exact) mass is 384 g/mol. The van der Waals surface area contributed by atoms with Crippen molar-refractivity contribution < 1.29 is 19.2 Å². The van der Waals surface area contributed by atoms with Crippen LogP contribution in [0.1, 0.15) is 47.8 Å². The minimum atomic E-state index is -0.767. The zero-order valence-corrected chi connectivity index (χ0v) is 16.2. The quantitative estimate of drug-likeness (QED) is 0.422. The zero-order chi connectivity index (χ0) is 20.7. The molecule has 0 saturated heterocycles. The first-order chi connectivity index (χ1) is 13.3. The fraction of sp³-hybridized carbons (Fsp3) is 0.333. The predicted octanol–water partition coefficient (Wildman–Crippen LogP) is 3.96. The van der Waals surface area contributed by atoms with Gasteiger partial charge in [-0.05, 0) is 30.9 Å². The van der Waals surface area contributed by atoms with Crippen LogP contribution in [0.5, 0.6) is 0 Å². The lowest BCUT2D eigenvalue weighted by Gasteiger charge is -2.21. The average Bonchev–Trinajstić information content (AvgIpc) is 2.66. The molecule has 28 heavy (non-hydrogen) atoms. The Morgan fingerprint density at radius 1 is 1.11 bits per heavy atom. The number of carbonyl (C=O) groups excluding carboxylic acids is 2. The van der Waals surface area contributed by atoms with Crippen LogP contribution in [0.2, 0.25) is 0 Å². The fourth-order valence-electron chi connectivity index (χ4n) is 2.92. The molecule has 0 aliphatic carbocycles. The molecule has 0 aliphatic rings. The second-order valence-corrected chi connectivity index (χ2v) is 6.94. The van der Waals surface area contributed by atoms with Gasteiger partial charge in [0.2, 0.25) is 0 Å². The lowest BCUT2D eigenvalue weighted by atomic mass is 9.97. The van der Waals surface area contributed by atoms with Crippen molar-refractivity contribution in [1.29, 1.82) is 0 Å². The zero-order valence-electron chi connectivity index (χ0n) is 16.2. The molecule has 2 aromatic carbocycles. The van der Waals surface area contributed by atoms with Crippen molar-refractivity contribution in [1.82, 2.24) is 5.32 Å². The molecule has 0 aliphatic heterocycles. The first-order valence-corrected chi connectivity index (χ1v) is 9.05. The van der Waals surface area contributed by atoms with Gasteiger partial charge in [-0.3, -0.25) is 14.9 Å². The van der Waals surface area contributed by atoms with Crippen LogP contribution in [-0.4, -0.2) is 23.4 Å². The van der Waals surface area contributed by atoms with Crippen LogP contribution < -0.4 is 5.32 Å². The van der Waals surface area contributed by atoms with Gasteiger partial charge >= 0.3 is 5.97 Å². The normalized spacial score (nSPS) is 11.7. The Morgan fingerprint density at radius 3 is 2.39 bits per heavy atom. The summed E-state index contributed by atoms with van der Waals surface area (Å²) in [6, 6.07) is 13.6. The van der Waals surface area contributed by atoms with Crippen molar-refractivity contribution in [3.8, 4) is 0 Å². The molecule has 0 saturated carbocycles. The Bertz CT molecular complexity index is 849. The van der Waals surface area contributed by atoms with Gasteiger partial charge in [-0.2, -0.15) is 0 Å². The SMILES string of the molecule is Cc1c(C(=O)OCC(=O)N[C@H](CC(C)C)c2ccccc2)cccc1[N+](=O)[O-]. The summed E-state index contributed by atoms with van der Waals surface area (Å²) in [5, 5.41) is 13.9. The maximum absolute atomic E-state index is 12.3. The lowest BCUT2D eigenvalue weighted by Crippen LogP contribution is -2.33. The molecule has 2 rings (SSSR count). The van der Waals surface area contributed by atoms with E-state index >= 15 is 0 Å². The number of nitro benzene ring substituents is 1. The third kappa shape index (κ3) is 5.64. The standard InChI is InChI=1S/C21H24N2O5/c1-14(2)12-18(16-8-5-4-6-9-16)22-20(24)13-28-21(25)17-10-7-11-19(15(17)3)23(26)27/h4-11,14,18H,12-13H2,1-3H3,(H,22,24)/t18-/m1/s1. The first kappa shape index (κ1) is 21.1. The molecule has 1 amide bonds. The van der Waals surface area contributed by atoms with E-state index in [-0.39, 0.29) is 22.9 Å². The largest absolute Gasteiger partial charge is 0.452 e. The molecule has 0 radical (unpaired) electrons. The molecule has 1 atom stereocenters. The molecule has 148 valence electrons. The molecule has 0 fully saturated rings. The topological polar surface area (TPSA) is 98.5 Å². The Labute approximate surface area is 163 Å². The van der Waals surface area contributed by atoms with E-state index in [0.717, 1.165) is 12.0 Å². The van der Waals surface area contributed by atoms with Crippen molar-refractivity contribution in [3.05, 3.63) is 75.3 Å². The highest BCUT2D eigenvalue weighted by Gasteiger charge is 2.21. The molecule has 2 aromatic rings. The Morgan fingerprint density at radius 2 is 1.79 bits per heavy atom. The molecule has 7 nitrogen and oxygen atoms in total. The predicted molar refractivity (Wildman–Crippen MR) is 105 cm³/mol. The summed E-state index contributed by atoms with van der Waals surface area (Å²) in [7, 11) is 0. The summed E-state index contributed by atoms with van der Waals surface area (Å²) in [5.41, 5.74) is 1.09. The number of amides is 1. The Hall–Kier alpha value is -3.22. The summed E-state index contributed by atoms with van der Waals surface area (Å²) in [4.78, 5) is 35.0. The van der Waals surface area contributed by atoms with E-state index in [1.54, 1.807) is 0 Å². The maximum atomic E-state index is 12.3. The van der Waals surface area contributed by atoms with E-state index < -0.39 is 23.4 Å². The summed E-state index contributed by atoms with van der Waals surface area (Å²) in [6.07, 6.45) is 0.744. The van der Waals surface area contributed by atoms with Crippen LogP contribution in [-0.2, 0) is 9.53 Å². The summed E-state index contributed by atoms with van der Waals surface area (Å²) >= 11 is 0. The molecule has 0 heterocycles. The highest BCUT2D eigenvalue weighted by atomic mass is 16.6. The lowest BCUT2D eigenvalue weighted by molar-refractivity contribution is -0.385. The summed E-state index contributed by atoms with van der Waals surface area (Å²) in [6.45, 7) is 5.14. The van der Waals surface area contributed by atoms with Gasteiger partial charge in [-0.25, -0.2) is 4.79 Å². The maximum Gasteiger partial charge on any atom is 0.339 e. The third-order valence-electron chi connectivity index (χ3n) is 4.30. The average molecular weight is 384 g/mol. The number of hydrogen-bond donors (Lipinski definition) is 1. The van der Waals surface area contributed by atoms with Crippen molar-refractivity contribution in [2.45, 2.75) is 33.2 Å². The van der Waals surface area contributed by atoms with Gasteiger partial charge in [0.25, 0.3) is 11.6 Å². The van der Waals surface area contributed by atoms with Crippen molar-refractivity contribution in [3.63, 3.8) is 0 Å². The first-order valence-electron chi connectivity index (χ1n) is 9.05. The van der Waals surface area contributed by atoms with Crippen LogP contribution in [0.25, 0.3) is 0 Å². The molecule has 0 unspecified atom stereocenters. The fourth-order valence-corrected chi connectivity index (χ4v) is 2.92. The number of esters is 1. The van der Waals surface area contributed by atoms with Crippen molar-refractivity contribution >= 4 is 17.6 Å². The number of rotatable bonds is 8. The number of nitrogens with one attached hydrogen (secondary N) is 1. The van der Waals surface area contributed by atoms with E-state index in [4.69, 9.17) is 4.74 Å². The number of carbonyl (C=O) groups is 2. The van der Waals surface area contributed by atoms with Gasteiger partial charge in [0.05, 0.1) is 16.5 Å². The number of ether oxygens (including phenoxy) is 1. The van der Waals surface area contributed by atoms with E-state index in [1.807, 2.05) is 30.3 Å². The summed E-state index contributed by atoms with van der Waals surface area (Å²) in [5.74, 6) is -0.831. The highest BCUT2D eigenvalue weighted by molar-refractivity contribution is 5.93. The van der Waals surface area contributed by atoms with Crippen LogP contribution >= 0.6 is 0 Å². The minimum Gasteiger partial charge on any atom is -0.452 e. The molecule has 1 N–H and O–H groups in total. The van der Waals surface area contributed by atoms with Crippen LogP contribution in [0.4, 0.5) is 5.69 Å². The van der Waals surface area contributed by atoms with Crippen LogP contribution in [0, 0.1) is 23.0 Å².